The fourth-order valence-electron chi connectivity index (χ4n) is 1.35. The lowest BCUT2D eigenvalue weighted by Gasteiger charge is -2.07. The van der Waals surface area contributed by atoms with E-state index in [4.69, 9.17) is 0 Å². The third-order valence-corrected chi connectivity index (χ3v) is 4.38. The first kappa shape index (κ1) is 14.3. The standard InChI is InChI=1S/C10H8FN3O4S2/c11-19(15,16)8-3-1-4-9(7-8)20(17,18)14-10-5-2-6-12-13-10/h1-7H,(H,13,14). The van der Waals surface area contributed by atoms with Gasteiger partial charge in [0.25, 0.3) is 10.0 Å². The van der Waals surface area contributed by atoms with Crippen LogP contribution >= 0.6 is 0 Å². The Labute approximate surface area is 114 Å². The van der Waals surface area contributed by atoms with Crippen LogP contribution in [-0.2, 0) is 20.2 Å². The fraction of sp³-hybridized carbons (Fsp3) is 0. The Balaban J connectivity index is 2.40. The molecule has 20 heavy (non-hydrogen) atoms. The molecule has 0 aliphatic carbocycles. The van der Waals surface area contributed by atoms with Crippen LogP contribution < -0.4 is 4.72 Å². The number of sulfonamides is 1. The first-order valence-electron chi connectivity index (χ1n) is 5.14. The molecule has 0 radical (unpaired) electrons. The van der Waals surface area contributed by atoms with Crippen molar-refractivity contribution in [3.05, 3.63) is 42.6 Å². The van der Waals surface area contributed by atoms with Gasteiger partial charge in [-0.1, -0.05) is 6.07 Å². The van der Waals surface area contributed by atoms with E-state index in [1.165, 1.54) is 18.3 Å². The molecule has 0 fully saturated rings. The van der Waals surface area contributed by atoms with Gasteiger partial charge in [-0.15, -0.1) is 8.98 Å². The van der Waals surface area contributed by atoms with Gasteiger partial charge in [0.05, 0.1) is 9.79 Å². The number of hydrogen-bond donors (Lipinski definition) is 1. The van der Waals surface area contributed by atoms with Gasteiger partial charge in [0.2, 0.25) is 0 Å². The summed E-state index contributed by atoms with van der Waals surface area (Å²) in [5, 5.41) is 7.01. The maximum absolute atomic E-state index is 12.9. The summed E-state index contributed by atoms with van der Waals surface area (Å²) in [4.78, 5) is -1.14. The molecule has 106 valence electrons. The summed E-state index contributed by atoms with van der Waals surface area (Å²) in [6, 6.07) is 6.75. The second-order valence-corrected chi connectivity index (χ2v) is 6.66. The van der Waals surface area contributed by atoms with Gasteiger partial charge in [-0.05, 0) is 30.3 Å². The number of anilines is 1. The first-order chi connectivity index (χ1) is 9.29. The van der Waals surface area contributed by atoms with Gasteiger partial charge in [-0.2, -0.15) is 13.5 Å². The molecule has 0 amide bonds. The van der Waals surface area contributed by atoms with Gasteiger partial charge in [0.1, 0.15) is 0 Å². The Kier molecular flexibility index (Phi) is 3.68. The van der Waals surface area contributed by atoms with Crippen LogP contribution in [0.5, 0.6) is 0 Å². The molecular formula is C10H8FN3O4S2. The van der Waals surface area contributed by atoms with Crippen molar-refractivity contribution in [3.8, 4) is 0 Å². The molecule has 1 aromatic carbocycles. The zero-order chi connectivity index (χ0) is 14.8. The maximum atomic E-state index is 12.9. The molecule has 1 N–H and O–H groups in total. The van der Waals surface area contributed by atoms with Crippen molar-refractivity contribution in [1.82, 2.24) is 10.2 Å². The number of nitrogens with zero attached hydrogens (tertiary/aromatic N) is 2. The van der Waals surface area contributed by atoms with Crippen molar-refractivity contribution >= 4 is 26.1 Å². The van der Waals surface area contributed by atoms with Crippen LogP contribution in [0.25, 0.3) is 0 Å². The Bertz CT molecular complexity index is 823. The second-order valence-electron chi connectivity index (χ2n) is 3.63. The summed E-state index contributed by atoms with van der Waals surface area (Å²) in [6.45, 7) is 0. The van der Waals surface area contributed by atoms with Crippen LogP contribution in [-0.4, -0.2) is 27.0 Å². The fourth-order valence-corrected chi connectivity index (χ4v) is 2.97. The topological polar surface area (TPSA) is 106 Å². The molecule has 0 atom stereocenters. The van der Waals surface area contributed by atoms with E-state index in [-0.39, 0.29) is 5.82 Å². The van der Waals surface area contributed by atoms with Crippen LogP contribution in [0.3, 0.4) is 0 Å². The Morgan fingerprint density at radius 2 is 1.70 bits per heavy atom. The van der Waals surface area contributed by atoms with E-state index in [0.717, 1.165) is 18.2 Å². The number of nitrogens with one attached hydrogen (secondary N) is 1. The highest BCUT2D eigenvalue weighted by Gasteiger charge is 2.19. The summed E-state index contributed by atoms with van der Waals surface area (Å²) in [7, 11) is -9.06. The molecule has 0 unspecified atom stereocenters. The quantitative estimate of drug-likeness (QED) is 0.841. The van der Waals surface area contributed by atoms with E-state index in [0.29, 0.717) is 6.07 Å². The molecule has 0 saturated carbocycles. The molecule has 7 nitrogen and oxygen atoms in total. The summed E-state index contributed by atoms with van der Waals surface area (Å²) in [5.41, 5.74) is 0. The molecule has 10 heteroatoms. The van der Waals surface area contributed by atoms with Crippen LogP contribution in [0.2, 0.25) is 0 Å². The Hall–Kier alpha value is -2.07. The highest BCUT2D eigenvalue weighted by molar-refractivity contribution is 7.92. The van der Waals surface area contributed by atoms with E-state index < -0.39 is 30.0 Å². The summed E-state index contributed by atoms with van der Waals surface area (Å²) < 4.78 is 60.4. The highest BCUT2D eigenvalue weighted by Crippen LogP contribution is 2.19. The van der Waals surface area contributed by atoms with E-state index >= 15 is 0 Å². The predicted molar refractivity (Wildman–Crippen MR) is 67.6 cm³/mol. The minimum absolute atomic E-state index is 0.0407. The first-order valence-corrected chi connectivity index (χ1v) is 8.01. The Morgan fingerprint density at radius 3 is 2.30 bits per heavy atom. The van der Waals surface area contributed by atoms with Crippen LogP contribution in [0.4, 0.5) is 9.70 Å². The van der Waals surface area contributed by atoms with Crippen molar-refractivity contribution < 1.29 is 20.7 Å². The highest BCUT2D eigenvalue weighted by atomic mass is 32.3. The number of rotatable bonds is 4. The second kappa shape index (κ2) is 5.13. The van der Waals surface area contributed by atoms with Gasteiger partial charge >= 0.3 is 10.2 Å². The van der Waals surface area contributed by atoms with Crippen LogP contribution in [0.15, 0.2) is 52.4 Å². The molecule has 1 aromatic heterocycles. The lowest BCUT2D eigenvalue weighted by molar-refractivity contribution is 0.552. The number of benzene rings is 1. The summed E-state index contributed by atoms with van der Waals surface area (Å²) >= 11 is 0. The zero-order valence-electron chi connectivity index (χ0n) is 9.76. The van der Waals surface area contributed by atoms with Gasteiger partial charge in [-0.25, -0.2) is 8.42 Å². The molecule has 0 aliphatic heterocycles. The molecule has 2 rings (SSSR count). The number of halogens is 1. The van der Waals surface area contributed by atoms with E-state index in [1.807, 2.05) is 0 Å². The maximum Gasteiger partial charge on any atom is 0.332 e. The van der Waals surface area contributed by atoms with Gasteiger partial charge in [0, 0.05) is 6.20 Å². The third kappa shape index (κ3) is 3.27. The minimum Gasteiger partial charge on any atom is -0.262 e. The molecule has 0 saturated heterocycles. The van der Waals surface area contributed by atoms with Crippen molar-refractivity contribution in [2.75, 3.05) is 4.72 Å². The van der Waals surface area contributed by atoms with Crippen LogP contribution in [0.1, 0.15) is 0 Å². The van der Waals surface area contributed by atoms with Crippen molar-refractivity contribution in [1.29, 1.82) is 0 Å². The Morgan fingerprint density at radius 1 is 1.00 bits per heavy atom. The normalized spacial score (nSPS) is 12.1. The average Bonchev–Trinajstić information content (AvgIpc) is 2.38. The van der Waals surface area contributed by atoms with Gasteiger partial charge < -0.3 is 0 Å². The summed E-state index contributed by atoms with van der Waals surface area (Å²) in [6.07, 6.45) is 1.36. The predicted octanol–water partition coefficient (Wildman–Crippen LogP) is 0.936. The number of aromatic nitrogens is 2. The zero-order valence-corrected chi connectivity index (χ0v) is 11.4. The molecule has 0 spiro atoms. The smallest absolute Gasteiger partial charge is 0.262 e. The molecule has 0 aliphatic rings. The van der Waals surface area contributed by atoms with E-state index in [9.17, 15) is 20.7 Å². The van der Waals surface area contributed by atoms with E-state index in [2.05, 4.69) is 14.9 Å². The third-order valence-electron chi connectivity index (χ3n) is 2.21. The number of hydrogen-bond acceptors (Lipinski definition) is 6. The van der Waals surface area contributed by atoms with Crippen molar-refractivity contribution in [2.45, 2.75) is 9.79 Å². The minimum atomic E-state index is -4.98. The van der Waals surface area contributed by atoms with Crippen LogP contribution in [0, 0.1) is 0 Å². The van der Waals surface area contributed by atoms with Crippen molar-refractivity contribution in [3.63, 3.8) is 0 Å². The molecular weight excluding hydrogens is 309 g/mol. The largest absolute Gasteiger partial charge is 0.332 e. The van der Waals surface area contributed by atoms with Crippen molar-refractivity contribution in [2.24, 2.45) is 0 Å². The summed E-state index contributed by atoms with van der Waals surface area (Å²) in [5.74, 6) is -0.0407. The average molecular weight is 317 g/mol. The SMILES string of the molecule is O=S(=O)(F)c1cccc(S(=O)(=O)Nc2cccnn2)c1. The van der Waals surface area contributed by atoms with Gasteiger partial charge in [-0.3, -0.25) is 4.72 Å². The van der Waals surface area contributed by atoms with E-state index in [1.54, 1.807) is 0 Å². The molecule has 0 bridgehead atoms. The lowest BCUT2D eigenvalue weighted by Crippen LogP contribution is -2.14. The molecule has 2 aromatic rings. The monoisotopic (exact) mass is 317 g/mol. The molecule has 1 heterocycles. The lowest BCUT2D eigenvalue weighted by atomic mass is 10.4. The van der Waals surface area contributed by atoms with Gasteiger partial charge in [0.15, 0.2) is 5.82 Å².